The summed E-state index contributed by atoms with van der Waals surface area (Å²) in [7, 11) is -2.40. The number of halogens is 1. The van der Waals surface area contributed by atoms with Gasteiger partial charge in [0, 0.05) is 0 Å². The largest absolute Gasteiger partial charge is 0.503 e. The number of phenolic OH excluding ortho intramolecular Hbond substituents is 1. The number of nitrogens with two attached hydrogens (primary N) is 1. The number of methoxy groups -OCH3 is 1. The first-order chi connectivity index (χ1) is 13.1. The second-order valence-electron chi connectivity index (χ2n) is 5.88. The van der Waals surface area contributed by atoms with Gasteiger partial charge in [0.2, 0.25) is 10.0 Å². The van der Waals surface area contributed by atoms with Crippen LogP contribution in [0.5, 0.6) is 11.5 Å². The topological polar surface area (TPSA) is 127 Å². The van der Waals surface area contributed by atoms with Gasteiger partial charge in [0.15, 0.2) is 11.5 Å². The number of hydrogen-bond acceptors (Lipinski definition) is 5. The predicted molar refractivity (Wildman–Crippen MR) is 108 cm³/mol. The Hall–Kier alpha value is -2.82. The molecule has 0 aliphatic rings. The highest BCUT2D eigenvalue weighted by molar-refractivity contribution is 9.10. The third-order valence-electron chi connectivity index (χ3n) is 4.01. The van der Waals surface area contributed by atoms with Crippen molar-refractivity contribution in [3.8, 4) is 17.2 Å². The number of phenols is 1. The minimum absolute atomic E-state index is 0.0454. The van der Waals surface area contributed by atoms with Crippen molar-refractivity contribution in [2.24, 2.45) is 5.14 Å². The Morgan fingerprint density at radius 3 is 2.50 bits per heavy atom. The number of nitrogens with one attached hydrogen (secondary N) is 1. The summed E-state index contributed by atoms with van der Waals surface area (Å²) in [6.45, 7) is 3.85. The Bertz CT molecular complexity index is 1330. The zero-order valence-corrected chi connectivity index (χ0v) is 17.0. The van der Waals surface area contributed by atoms with Crippen LogP contribution in [-0.2, 0) is 10.0 Å². The van der Waals surface area contributed by atoms with Crippen LogP contribution in [0.25, 0.3) is 18.3 Å². The molecule has 10 heteroatoms. The van der Waals surface area contributed by atoms with Crippen molar-refractivity contribution in [2.45, 2.75) is 4.90 Å². The molecule has 0 fully saturated rings. The lowest BCUT2D eigenvalue weighted by Crippen LogP contribution is -2.33. The standard InChI is InChI=1S/C18H16BrN3O5S/c1-10-14(7-11-8-15(19)17(23)16(9-11)27-2)18(24)22(21-10)12-3-5-13(6-4-12)28(20,25)26/h3-9,21,23H,1H2,2H3,(H2,20,25,26)/b14-7+. The van der Waals surface area contributed by atoms with Gasteiger partial charge in [0.05, 0.1) is 32.7 Å². The van der Waals surface area contributed by atoms with Gasteiger partial charge in [-0.2, -0.15) is 0 Å². The molecule has 0 aliphatic heterocycles. The van der Waals surface area contributed by atoms with Gasteiger partial charge in [-0.05, 0) is 64.0 Å². The molecule has 0 amide bonds. The van der Waals surface area contributed by atoms with Crippen molar-refractivity contribution in [3.05, 3.63) is 67.4 Å². The van der Waals surface area contributed by atoms with Crippen LogP contribution in [0.2, 0.25) is 0 Å². The minimum Gasteiger partial charge on any atom is -0.503 e. The summed E-state index contributed by atoms with van der Waals surface area (Å²) in [5, 5.41) is 18.5. The number of hydrogen-bond donors (Lipinski definition) is 3. The summed E-state index contributed by atoms with van der Waals surface area (Å²) in [4.78, 5) is 12.8. The number of aromatic hydroxyl groups is 1. The number of rotatable bonds is 4. The van der Waals surface area contributed by atoms with Crippen molar-refractivity contribution in [1.29, 1.82) is 0 Å². The molecule has 0 aliphatic carbocycles. The summed E-state index contributed by atoms with van der Waals surface area (Å²) < 4.78 is 29.5. The summed E-state index contributed by atoms with van der Waals surface area (Å²) in [5.74, 6) is 0.205. The first-order valence-electron chi connectivity index (χ1n) is 7.83. The lowest BCUT2D eigenvalue weighted by molar-refractivity contribution is 0.372. The van der Waals surface area contributed by atoms with Crippen LogP contribution in [-0.4, -0.2) is 30.4 Å². The van der Waals surface area contributed by atoms with Crippen molar-refractivity contribution in [3.63, 3.8) is 0 Å². The highest BCUT2D eigenvalue weighted by Gasteiger charge is 2.11. The van der Waals surface area contributed by atoms with E-state index in [9.17, 15) is 18.3 Å². The minimum atomic E-state index is -3.82. The highest BCUT2D eigenvalue weighted by Crippen LogP contribution is 2.35. The van der Waals surface area contributed by atoms with Gasteiger partial charge in [-0.15, -0.1) is 0 Å². The number of aromatic nitrogens is 2. The van der Waals surface area contributed by atoms with E-state index in [-0.39, 0.29) is 22.0 Å². The Balaban J connectivity index is 2.13. The van der Waals surface area contributed by atoms with Gasteiger partial charge in [-0.1, -0.05) is 6.58 Å². The lowest BCUT2D eigenvalue weighted by Gasteiger charge is -2.06. The highest BCUT2D eigenvalue weighted by atomic mass is 79.9. The molecular formula is C18H16BrN3O5S. The summed E-state index contributed by atoms with van der Waals surface area (Å²) >= 11 is 3.24. The van der Waals surface area contributed by atoms with Crippen LogP contribution in [0, 0.1) is 0 Å². The van der Waals surface area contributed by atoms with E-state index in [0.29, 0.717) is 26.3 Å². The van der Waals surface area contributed by atoms with Gasteiger partial charge in [-0.3, -0.25) is 9.89 Å². The third kappa shape index (κ3) is 3.75. The van der Waals surface area contributed by atoms with Crippen molar-refractivity contribution in [1.82, 2.24) is 9.78 Å². The van der Waals surface area contributed by atoms with Crippen molar-refractivity contribution >= 4 is 38.6 Å². The molecule has 0 bridgehead atoms. The average molecular weight is 466 g/mol. The molecule has 3 aromatic rings. The van der Waals surface area contributed by atoms with E-state index in [1.807, 2.05) is 0 Å². The zero-order valence-electron chi connectivity index (χ0n) is 14.6. The maximum atomic E-state index is 12.8. The third-order valence-corrected chi connectivity index (χ3v) is 5.54. The fourth-order valence-electron chi connectivity index (χ4n) is 2.61. The van der Waals surface area contributed by atoms with E-state index in [1.54, 1.807) is 18.2 Å². The molecule has 1 heterocycles. The normalized spacial score (nSPS) is 12.3. The van der Waals surface area contributed by atoms with E-state index in [2.05, 4.69) is 27.6 Å². The fourth-order valence-corrected chi connectivity index (χ4v) is 3.59. The van der Waals surface area contributed by atoms with Crippen molar-refractivity contribution in [2.75, 3.05) is 7.11 Å². The number of H-pyrrole nitrogens is 1. The Labute approximate surface area is 168 Å². The number of sulfonamides is 1. The van der Waals surface area contributed by atoms with E-state index in [1.165, 1.54) is 36.1 Å². The maximum absolute atomic E-state index is 12.8. The second-order valence-corrected chi connectivity index (χ2v) is 8.30. The molecule has 0 radical (unpaired) electrons. The quantitative estimate of drug-likeness (QED) is 0.517. The number of benzene rings is 2. The van der Waals surface area contributed by atoms with Gasteiger partial charge in [0.25, 0.3) is 5.56 Å². The van der Waals surface area contributed by atoms with Gasteiger partial charge in [0.1, 0.15) is 0 Å². The van der Waals surface area contributed by atoms with Crippen LogP contribution in [0.15, 0.2) is 50.6 Å². The molecule has 0 saturated carbocycles. The fraction of sp³-hybridized carbons (Fsp3) is 0.0556. The van der Waals surface area contributed by atoms with Crippen LogP contribution in [0.4, 0.5) is 0 Å². The predicted octanol–water partition coefficient (Wildman–Crippen LogP) is 0.529. The molecule has 8 nitrogen and oxygen atoms in total. The smallest absolute Gasteiger partial charge is 0.279 e. The number of ether oxygens (including phenoxy) is 1. The van der Waals surface area contributed by atoms with Crippen LogP contribution >= 0.6 is 15.9 Å². The van der Waals surface area contributed by atoms with Gasteiger partial charge in [-0.25, -0.2) is 18.2 Å². The van der Waals surface area contributed by atoms with E-state index in [4.69, 9.17) is 9.88 Å². The average Bonchev–Trinajstić information content (AvgIpc) is 2.92. The van der Waals surface area contributed by atoms with Gasteiger partial charge >= 0.3 is 0 Å². The van der Waals surface area contributed by atoms with E-state index in [0.717, 1.165) is 0 Å². The van der Waals surface area contributed by atoms with E-state index >= 15 is 0 Å². The maximum Gasteiger partial charge on any atom is 0.279 e. The lowest BCUT2D eigenvalue weighted by atomic mass is 10.1. The Morgan fingerprint density at radius 2 is 1.93 bits per heavy atom. The molecule has 0 unspecified atom stereocenters. The first kappa shape index (κ1) is 19.9. The molecule has 0 spiro atoms. The summed E-state index contributed by atoms with van der Waals surface area (Å²) in [6.07, 6.45) is 1.60. The Morgan fingerprint density at radius 1 is 1.29 bits per heavy atom. The molecular weight excluding hydrogens is 450 g/mol. The van der Waals surface area contributed by atoms with Crippen LogP contribution < -0.4 is 26.0 Å². The zero-order chi connectivity index (χ0) is 20.6. The Kier molecular flexibility index (Phi) is 5.20. The monoisotopic (exact) mass is 465 g/mol. The molecule has 0 saturated heterocycles. The molecule has 2 aromatic carbocycles. The van der Waals surface area contributed by atoms with Crippen LogP contribution in [0.3, 0.4) is 0 Å². The summed E-state index contributed by atoms with van der Waals surface area (Å²) in [6, 6.07) is 8.76. The van der Waals surface area contributed by atoms with E-state index < -0.39 is 10.0 Å². The molecule has 1 aromatic heterocycles. The SMILES string of the molecule is C=c1[nH]n(-c2ccc(S(N)(=O)=O)cc2)c(=O)/c1=C/c1cc(Br)c(O)c(OC)c1. The first-order valence-corrected chi connectivity index (χ1v) is 10.2. The number of aromatic amines is 1. The van der Waals surface area contributed by atoms with Crippen LogP contribution in [0.1, 0.15) is 5.56 Å². The second kappa shape index (κ2) is 7.30. The van der Waals surface area contributed by atoms with Gasteiger partial charge < -0.3 is 9.84 Å². The number of nitrogens with zero attached hydrogens (tertiary/aromatic N) is 1. The molecule has 4 N–H and O–H groups in total. The number of primary sulfonamides is 1. The van der Waals surface area contributed by atoms with Crippen molar-refractivity contribution < 1.29 is 18.3 Å². The molecule has 0 atom stereocenters. The molecule has 146 valence electrons. The molecule has 28 heavy (non-hydrogen) atoms. The summed E-state index contributed by atoms with van der Waals surface area (Å²) in [5.41, 5.74) is 0.655. The molecule has 3 rings (SSSR count).